The van der Waals surface area contributed by atoms with E-state index in [9.17, 15) is 0 Å². The van der Waals surface area contributed by atoms with Crippen LogP contribution >= 0.6 is 15.9 Å². The molecule has 0 aliphatic carbocycles. The maximum absolute atomic E-state index is 3.94. The molecule has 0 amide bonds. The summed E-state index contributed by atoms with van der Waals surface area (Å²) in [7, 11) is 1.86. The van der Waals surface area contributed by atoms with Crippen LogP contribution in [-0.2, 0) is 6.54 Å². The number of hydrogen-bond acceptors (Lipinski definition) is 4. The summed E-state index contributed by atoms with van der Waals surface area (Å²) in [5.41, 5.74) is 0.944. The van der Waals surface area contributed by atoms with E-state index >= 15 is 0 Å². The second kappa shape index (κ2) is 4.50. The Labute approximate surface area is 95.6 Å². The lowest BCUT2D eigenvalue weighted by Crippen LogP contribution is -2.12. The van der Waals surface area contributed by atoms with Crippen LogP contribution in [0.2, 0.25) is 0 Å². The Morgan fingerprint density at radius 1 is 1.47 bits per heavy atom. The van der Waals surface area contributed by atoms with Crippen LogP contribution in [0, 0.1) is 0 Å². The monoisotopic (exact) mass is 267 g/mol. The van der Waals surface area contributed by atoms with Gasteiger partial charge in [0, 0.05) is 4.47 Å². The van der Waals surface area contributed by atoms with Crippen molar-refractivity contribution in [3.8, 4) is 5.69 Å². The van der Waals surface area contributed by atoms with Crippen LogP contribution in [-0.4, -0.2) is 27.3 Å². The molecule has 0 aliphatic heterocycles. The third-order valence-corrected chi connectivity index (χ3v) is 2.41. The van der Waals surface area contributed by atoms with Crippen LogP contribution in [0.4, 0.5) is 0 Å². The lowest BCUT2D eigenvalue weighted by molar-refractivity contribution is 0.709. The molecule has 0 radical (unpaired) electrons. The number of nitrogens with one attached hydrogen (secondary N) is 1. The van der Waals surface area contributed by atoms with E-state index in [2.05, 4.69) is 36.8 Å². The highest BCUT2D eigenvalue weighted by molar-refractivity contribution is 9.10. The van der Waals surface area contributed by atoms with Gasteiger partial charge in [-0.05, 0) is 35.7 Å². The second-order valence-corrected chi connectivity index (χ2v) is 3.93. The summed E-state index contributed by atoms with van der Waals surface area (Å²) in [5, 5.41) is 14.6. The van der Waals surface area contributed by atoms with Gasteiger partial charge in [0.05, 0.1) is 12.2 Å². The van der Waals surface area contributed by atoms with E-state index in [0.717, 1.165) is 16.0 Å². The van der Waals surface area contributed by atoms with Crippen LogP contribution in [0.25, 0.3) is 5.69 Å². The highest BCUT2D eigenvalue weighted by Gasteiger charge is 2.06. The van der Waals surface area contributed by atoms with E-state index in [1.54, 1.807) is 4.68 Å². The molecular formula is C9H10BrN5. The van der Waals surface area contributed by atoms with Crippen molar-refractivity contribution in [2.24, 2.45) is 0 Å². The van der Waals surface area contributed by atoms with Gasteiger partial charge in [0.2, 0.25) is 0 Å². The van der Waals surface area contributed by atoms with Gasteiger partial charge in [0.1, 0.15) is 0 Å². The van der Waals surface area contributed by atoms with Gasteiger partial charge < -0.3 is 5.32 Å². The first-order chi connectivity index (χ1) is 7.31. The third kappa shape index (κ3) is 2.21. The summed E-state index contributed by atoms with van der Waals surface area (Å²) in [5.74, 6) is 0.788. The average Bonchev–Trinajstić information content (AvgIpc) is 2.66. The molecule has 2 rings (SSSR count). The van der Waals surface area contributed by atoms with Gasteiger partial charge >= 0.3 is 0 Å². The molecule has 1 heterocycles. The van der Waals surface area contributed by atoms with E-state index in [1.165, 1.54) is 0 Å². The van der Waals surface area contributed by atoms with Crippen molar-refractivity contribution in [3.05, 3.63) is 34.6 Å². The highest BCUT2D eigenvalue weighted by Crippen LogP contribution is 2.15. The largest absolute Gasteiger partial charge is 0.313 e. The van der Waals surface area contributed by atoms with Gasteiger partial charge in [-0.2, -0.15) is 4.68 Å². The van der Waals surface area contributed by atoms with E-state index in [4.69, 9.17) is 0 Å². The van der Waals surface area contributed by atoms with Gasteiger partial charge in [-0.3, -0.25) is 0 Å². The lowest BCUT2D eigenvalue weighted by Gasteiger charge is -2.03. The molecule has 0 aliphatic rings. The molecule has 0 spiro atoms. The Bertz CT molecular complexity index is 453. The van der Waals surface area contributed by atoms with Crippen LogP contribution in [0.1, 0.15) is 5.82 Å². The predicted octanol–water partition coefficient (Wildman–Crippen LogP) is 1.14. The van der Waals surface area contributed by atoms with E-state index in [1.807, 2.05) is 31.3 Å². The second-order valence-electron chi connectivity index (χ2n) is 3.02. The van der Waals surface area contributed by atoms with Crippen molar-refractivity contribution in [1.29, 1.82) is 0 Å². The first-order valence-corrected chi connectivity index (χ1v) is 5.28. The summed E-state index contributed by atoms with van der Waals surface area (Å²) < 4.78 is 2.72. The van der Waals surface area contributed by atoms with Crippen molar-refractivity contribution < 1.29 is 0 Å². The molecule has 1 N–H and O–H groups in total. The molecule has 78 valence electrons. The van der Waals surface area contributed by atoms with Gasteiger partial charge in [0.15, 0.2) is 5.82 Å². The predicted molar refractivity (Wildman–Crippen MR) is 59.6 cm³/mol. The van der Waals surface area contributed by atoms with Crippen LogP contribution in [0.3, 0.4) is 0 Å². The zero-order valence-electron chi connectivity index (χ0n) is 8.18. The minimum Gasteiger partial charge on any atom is -0.313 e. The minimum absolute atomic E-state index is 0.638. The number of benzene rings is 1. The number of halogens is 1. The zero-order chi connectivity index (χ0) is 10.7. The number of hydrogen-bond donors (Lipinski definition) is 1. The molecule has 1 aromatic carbocycles. The number of nitrogens with zero attached hydrogens (tertiary/aromatic N) is 4. The topological polar surface area (TPSA) is 55.6 Å². The summed E-state index contributed by atoms with van der Waals surface area (Å²) in [6.07, 6.45) is 0. The fourth-order valence-electron chi connectivity index (χ4n) is 1.28. The van der Waals surface area contributed by atoms with E-state index in [-0.39, 0.29) is 0 Å². The van der Waals surface area contributed by atoms with Gasteiger partial charge in [-0.25, -0.2) is 0 Å². The van der Waals surface area contributed by atoms with Crippen molar-refractivity contribution in [1.82, 2.24) is 25.5 Å². The Morgan fingerprint density at radius 3 is 3.07 bits per heavy atom. The maximum atomic E-state index is 3.94. The summed E-state index contributed by atoms with van der Waals surface area (Å²) in [4.78, 5) is 0. The fourth-order valence-corrected chi connectivity index (χ4v) is 1.67. The number of rotatable bonds is 3. The van der Waals surface area contributed by atoms with Crippen molar-refractivity contribution in [2.75, 3.05) is 7.05 Å². The molecule has 0 saturated heterocycles. The minimum atomic E-state index is 0.638. The smallest absolute Gasteiger partial charge is 0.170 e. The van der Waals surface area contributed by atoms with Crippen LogP contribution < -0.4 is 5.32 Å². The summed E-state index contributed by atoms with van der Waals surface area (Å²) in [6.45, 7) is 0.638. The summed E-state index contributed by atoms with van der Waals surface area (Å²) >= 11 is 3.41. The van der Waals surface area contributed by atoms with Crippen molar-refractivity contribution in [3.63, 3.8) is 0 Å². The quantitative estimate of drug-likeness (QED) is 0.907. The number of tetrazole rings is 1. The standard InChI is InChI=1S/C9H10BrN5/c1-11-6-9-12-13-14-15(9)8-4-2-3-7(10)5-8/h2-5,11H,6H2,1H3. The van der Waals surface area contributed by atoms with Crippen molar-refractivity contribution >= 4 is 15.9 Å². The average molecular weight is 268 g/mol. The molecule has 6 heteroatoms. The lowest BCUT2D eigenvalue weighted by atomic mass is 10.3. The molecule has 0 saturated carbocycles. The normalized spacial score (nSPS) is 10.5. The molecule has 15 heavy (non-hydrogen) atoms. The fraction of sp³-hybridized carbons (Fsp3) is 0.222. The Morgan fingerprint density at radius 2 is 2.33 bits per heavy atom. The van der Waals surface area contributed by atoms with Gasteiger partial charge in [0.25, 0.3) is 0 Å². The van der Waals surface area contributed by atoms with E-state index in [0.29, 0.717) is 6.54 Å². The Hall–Kier alpha value is -1.27. The molecular weight excluding hydrogens is 258 g/mol. The molecule has 2 aromatic rings. The van der Waals surface area contributed by atoms with Gasteiger partial charge in [-0.1, -0.05) is 22.0 Å². The maximum Gasteiger partial charge on any atom is 0.170 e. The van der Waals surface area contributed by atoms with Crippen LogP contribution in [0.15, 0.2) is 28.7 Å². The van der Waals surface area contributed by atoms with Crippen LogP contribution in [0.5, 0.6) is 0 Å². The number of aromatic nitrogens is 4. The molecule has 0 atom stereocenters. The summed E-state index contributed by atoms with van der Waals surface area (Å²) in [6, 6.07) is 7.84. The van der Waals surface area contributed by atoms with Gasteiger partial charge in [-0.15, -0.1) is 5.10 Å². The molecule has 1 aromatic heterocycles. The highest BCUT2D eigenvalue weighted by atomic mass is 79.9. The first kappa shape index (κ1) is 10.3. The first-order valence-electron chi connectivity index (χ1n) is 4.49. The molecule has 0 bridgehead atoms. The Kier molecular flexibility index (Phi) is 3.08. The third-order valence-electron chi connectivity index (χ3n) is 1.92. The zero-order valence-corrected chi connectivity index (χ0v) is 9.77. The molecule has 5 nitrogen and oxygen atoms in total. The van der Waals surface area contributed by atoms with E-state index < -0.39 is 0 Å². The Balaban J connectivity index is 2.40. The SMILES string of the molecule is CNCc1nnnn1-c1cccc(Br)c1. The van der Waals surface area contributed by atoms with Crippen molar-refractivity contribution in [2.45, 2.75) is 6.54 Å². The molecule has 0 unspecified atom stereocenters. The molecule has 0 fully saturated rings.